The first-order valence-electron chi connectivity index (χ1n) is 7.96. The molecule has 134 valence electrons. The highest BCUT2D eigenvalue weighted by atomic mass is 16.5. The van der Waals surface area contributed by atoms with Gasteiger partial charge in [-0.3, -0.25) is 4.79 Å². The summed E-state index contributed by atoms with van der Waals surface area (Å²) in [6, 6.07) is 5.46. The van der Waals surface area contributed by atoms with Crippen LogP contribution < -0.4 is 4.74 Å². The predicted molar refractivity (Wildman–Crippen MR) is 93.0 cm³/mol. The van der Waals surface area contributed by atoms with Crippen molar-refractivity contribution in [2.45, 2.75) is 34.2 Å². The smallest absolute Gasteiger partial charge is 0.339 e. The maximum atomic E-state index is 12.3. The highest BCUT2D eigenvalue weighted by molar-refractivity contribution is 5.88. The number of benzene rings is 1. The van der Waals surface area contributed by atoms with Crippen molar-refractivity contribution >= 4 is 11.9 Å². The van der Waals surface area contributed by atoms with Gasteiger partial charge in [-0.05, 0) is 44.9 Å². The van der Waals surface area contributed by atoms with E-state index < -0.39 is 5.97 Å². The van der Waals surface area contributed by atoms with Crippen molar-refractivity contribution in [3.05, 3.63) is 52.0 Å². The number of hydrogen-bond acceptors (Lipinski definition) is 4. The van der Waals surface area contributed by atoms with Crippen LogP contribution in [0.3, 0.4) is 0 Å². The standard InChI is InChI=1S/C19H23NO5/c1-11-6-12(2)18(13(3)7-11)24-10-17(21)20(5)9-15-8-16(19(22)23)14(4)25-15/h6-8H,9-10H2,1-5H3,(H,22,23). The van der Waals surface area contributed by atoms with Crippen LogP contribution in [0.4, 0.5) is 0 Å². The molecule has 2 aromatic rings. The van der Waals surface area contributed by atoms with Crippen molar-refractivity contribution in [2.75, 3.05) is 13.7 Å². The molecule has 0 atom stereocenters. The number of hydrogen-bond donors (Lipinski definition) is 1. The Labute approximate surface area is 147 Å². The molecule has 0 saturated carbocycles. The summed E-state index contributed by atoms with van der Waals surface area (Å²) in [6.45, 7) is 7.58. The van der Waals surface area contributed by atoms with Gasteiger partial charge in [0.15, 0.2) is 6.61 Å². The minimum Gasteiger partial charge on any atom is -0.483 e. The molecule has 1 amide bonds. The first-order valence-corrected chi connectivity index (χ1v) is 7.96. The van der Waals surface area contributed by atoms with E-state index in [1.54, 1.807) is 14.0 Å². The maximum Gasteiger partial charge on any atom is 0.339 e. The average Bonchev–Trinajstić information content (AvgIpc) is 2.86. The number of nitrogens with zero attached hydrogens (tertiary/aromatic N) is 1. The van der Waals surface area contributed by atoms with Crippen LogP contribution in [-0.2, 0) is 11.3 Å². The fourth-order valence-electron chi connectivity index (χ4n) is 2.79. The van der Waals surface area contributed by atoms with Crippen molar-refractivity contribution in [2.24, 2.45) is 0 Å². The highest BCUT2D eigenvalue weighted by Gasteiger charge is 2.17. The highest BCUT2D eigenvalue weighted by Crippen LogP contribution is 2.24. The minimum atomic E-state index is -1.05. The second kappa shape index (κ2) is 7.42. The van der Waals surface area contributed by atoms with Gasteiger partial charge in [0.25, 0.3) is 5.91 Å². The molecule has 1 aromatic heterocycles. The summed E-state index contributed by atoms with van der Waals surface area (Å²) in [7, 11) is 1.62. The number of aromatic carboxylic acids is 1. The number of rotatable bonds is 6. The zero-order valence-electron chi connectivity index (χ0n) is 15.2. The summed E-state index contributed by atoms with van der Waals surface area (Å²) in [5, 5.41) is 9.04. The van der Waals surface area contributed by atoms with E-state index in [0.717, 1.165) is 16.7 Å². The number of aryl methyl sites for hydroxylation is 4. The van der Waals surface area contributed by atoms with E-state index in [1.807, 2.05) is 32.9 Å². The van der Waals surface area contributed by atoms with Crippen LogP contribution in [0.25, 0.3) is 0 Å². The maximum absolute atomic E-state index is 12.3. The molecule has 0 aliphatic rings. The van der Waals surface area contributed by atoms with Crippen LogP contribution >= 0.6 is 0 Å². The van der Waals surface area contributed by atoms with Crippen molar-refractivity contribution in [1.29, 1.82) is 0 Å². The number of carboxylic acid groups (broad SMARTS) is 1. The lowest BCUT2D eigenvalue weighted by Gasteiger charge is -2.18. The summed E-state index contributed by atoms with van der Waals surface area (Å²) >= 11 is 0. The Morgan fingerprint density at radius 1 is 1.12 bits per heavy atom. The summed E-state index contributed by atoms with van der Waals surface area (Å²) in [5.74, 6) is 0.203. The molecule has 0 fully saturated rings. The quantitative estimate of drug-likeness (QED) is 0.869. The topological polar surface area (TPSA) is 80.0 Å². The fourth-order valence-corrected chi connectivity index (χ4v) is 2.79. The fraction of sp³-hybridized carbons (Fsp3) is 0.368. The molecular weight excluding hydrogens is 322 g/mol. The van der Waals surface area contributed by atoms with Gasteiger partial charge in [0.1, 0.15) is 22.8 Å². The number of carbonyl (C=O) groups is 2. The van der Waals surface area contributed by atoms with Gasteiger partial charge in [-0.1, -0.05) is 17.7 Å². The summed E-state index contributed by atoms with van der Waals surface area (Å²) in [6.07, 6.45) is 0. The molecule has 0 aliphatic carbocycles. The first-order chi connectivity index (χ1) is 11.7. The van der Waals surface area contributed by atoms with Gasteiger partial charge >= 0.3 is 5.97 Å². The van der Waals surface area contributed by atoms with Crippen LogP contribution in [0.15, 0.2) is 22.6 Å². The molecule has 0 bridgehead atoms. The predicted octanol–water partition coefficient (Wildman–Crippen LogP) is 3.25. The van der Waals surface area contributed by atoms with Crippen LogP contribution in [0.5, 0.6) is 5.75 Å². The van der Waals surface area contributed by atoms with Gasteiger partial charge in [-0.2, -0.15) is 0 Å². The van der Waals surface area contributed by atoms with E-state index in [1.165, 1.54) is 11.0 Å². The van der Waals surface area contributed by atoms with Crippen molar-refractivity contribution in [3.8, 4) is 5.75 Å². The second-order valence-electron chi connectivity index (χ2n) is 6.25. The van der Waals surface area contributed by atoms with E-state index in [9.17, 15) is 9.59 Å². The third kappa shape index (κ3) is 4.41. The molecule has 1 heterocycles. The Hall–Kier alpha value is -2.76. The van der Waals surface area contributed by atoms with Crippen LogP contribution in [-0.4, -0.2) is 35.5 Å². The van der Waals surface area contributed by atoms with Crippen LogP contribution in [0.1, 0.15) is 38.6 Å². The zero-order valence-corrected chi connectivity index (χ0v) is 15.2. The van der Waals surface area contributed by atoms with E-state index in [0.29, 0.717) is 17.3 Å². The van der Waals surface area contributed by atoms with Crippen LogP contribution in [0, 0.1) is 27.7 Å². The minimum absolute atomic E-state index is 0.0906. The SMILES string of the molecule is Cc1cc(C)c(OCC(=O)N(C)Cc2cc(C(=O)O)c(C)o2)c(C)c1. The molecule has 2 rings (SSSR count). The van der Waals surface area contributed by atoms with Gasteiger partial charge in [-0.25, -0.2) is 4.79 Å². The van der Waals surface area contributed by atoms with Crippen LogP contribution in [0.2, 0.25) is 0 Å². The van der Waals surface area contributed by atoms with Crippen molar-refractivity contribution in [3.63, 3.8) is 0 Å². The van der Waals surface area contributed by atoms with Gasteiger partial charge in [-0.15, -0.1) is 0 Å². The molecule has 0 aliphatic heterocycles. The average molecular weight is 345 g/mol. The van der Waals surface area contributed by atoms with Crippen molar-refractivity contribution < 1.29 is 23.8 Å². The van der Waals surface area contributed by atoms with Gasteiger partial charge < -0.3 is 19.2 Å². The van der Waals surface area contributed by atoms with Crippen molar-refractivity contribution in [1.82, 2.24) is 4.90 Å². The van der Waals surface area contributed by atoms with E-state index in [-0.39, 0.29) is 24.6 Å². The Kier molecular flexibility index (Phi) is 5.51. The number of furan rings is 1. The number of carboxylic acids is 1. The normalized spacial score (nSPS) is 10.6. The largest absolute Gasteiger partial charge is 0.483 e. The summed E-state index contributed by atoms with van der Waals surface area (Å²) in [4.78, 5) is 24.8. The molecular formula is C19H23NO5. The first kappa shape index (κ1) is 18.6. The molecule has 6 nitrogen and oxygen atoms in total. The summed E-state index contributed by atoms with van der Waals surface area (Å²) in [5.41, 5.74) is 3.23. The summed E-state index contributed by atoms with van der Waals surface area (Å²) < 4.78 is 11.1. The molecule has 6 heteroatoms. The molecule has 0 saturated heterocycles. The van der Waals surface area contributed by atoms with Gasteiger partial charge in [0, 0.05) is 7.05 Å². The lowest BCUT2D eigenvalue weighted by Crippen LogP contribution is -2.31. The molecule has 0 unspecified atom stereocenters. The number of likely N-dealkylation sites (N-methyl/N-ethyl adjacent to an activating group) is 1. The number of amides is 1. The number of carbonyl (C=O) groups excluding carboxylic acids is 1. The van der Waals surface area contributed by atoms with E-state index in [4.69, 9.17) is 14.3 Å². The molecule has 0 spiro atoms. The Bertz CT molecular complexity index is 783. The Balaban J connectivity index is 1.99. The number of ether oxygens (including phenoxy) is 1. The van der Waals surface area contributed by atoms with Gasteiger partial charge in [0.2, 0.25) is 0 Å². The van der Waals surface area contributed by atoms with Gasteiger partial charge in [0.05, 0.1) is 6.54 Å². The molecule has 1 aromatic carbocycles. The molecule has 0 radical (unpaired) electrons. The molecule has 1 N–H and O–H groups in total. The third-order valence-corrected chi connectivity index (χ3v) is 3.96. The zero-order chi connectivity index (χ0) is 18.7. The third-order valence-electron chi connectivity index (χ3n) is 3.96. The second-order valence-corrected chi connectivity index (χ2v) is 6.25. The van der Waals surface area contributed by atoms with E-state index >= 15 is 0 Å². The Morgan fingerprint density at radius 3 is 2.24 bits per heavy atom. The lowest BCUT2D eigenvalue weighted by atomic mass is 10.1. The monoisotopic (exact) mass is 345 g/mol. The lowest BCUT2D eigenvalue weighted by molar-refractivity contribution is -0.132. The molecule has 25 heavy (non-hydrogen) atoms. The Morgan fingerprint density at radius 2 is 1.72 bits per heavy atom. The van der Waals surface area contributed by atoms with E-state index in [2.05, 4.69) is 0 Å².